The predicted octanol–water partition coefficient (Wildman–Crippen LogP) is 2.69. The normalized spacial score (nSPS) is 11.9. The Morgan fingerprint density at radius 3 is 2.67 bits per heavy atom. The second kappa shape index (κ2) is 6.85. The molecular formula is C20H17N3O3S. The van der Waals surface area contributed by atoms with Gasteiger partial charge >= 0.3 is 0 Å². The molecule has 0 N–H and O–H groups in total. The second-order valence-electron chi connectivity index (χ2n) is 6.03. The number of rotatable bonds is 4. The van der Waals surface area contributed by atoms with Crippen LogP contribution < -0.4 is 19.6 Å². The van der Waals surface area contributed by atoms with Crippen LogP contribution in [-0.2, 0) is 0 Å². The van der Waals surface area contributed by atoms with E-state index in [1.807, 2.05) is 43.3 Å². The third kappa shape index (κ3) is 3.06. The minimum absolute atomic E-state index is 0.144. The van der Waals surface area contributed by atoms with Gasteiger partial charge in [0.25, 0.3) is 5.56 Å². The first-order chi connectivity index (χ1) is 13.1. The molecule has 0 aliphatic heterocycles. The van der Waals surface area contributed by atoms with E-state index in [2.05, 4.69) is 10.2 Å². The van der Waals surface area contributed by atoms with Crippen molar-refractivity contribution < 1.29 is 9.47 Å². The lowest BCUT2D eigenvalue weighted by atomic mass is 10.1. The maximum atomic E-state index is 13.0. The van der Waals surface area contributed by atoms with Crippen LogP contribution in [-0.4, -0.2) is 28.8 Å². The van der Waals surface area contributed by atoms with Gasteiger partial charge in [0.05, 0.1) is 18.8 Å². The molecule has 0 saturated heterocycles. The third-order valence-electron chi connectivity index (χ3n) is 4.25. The van der Waals surface area contributed by atoms with Gasteiger partial charge in [-0.15, -0.1) is 10.2 Å². The summed E-state index contributed by atoms with van der Waals surface area (Å²) in [5.41, 5.74) is 2.62. The first-order valence-corrected chi connectivity index (χ1v) is 9.11. The SMILES string of the molecule is COc1ccc(/C=c2\sc3nnc(-c4cccc(C)c4)n3c2=O)c(OC)c1. The summed E-state index contributed by atoms with van der Waals surface area (Å²) in [4.78, 5) is 13.6. The average Bonchev–Trinajstić information content (AvgIpc) is 3.22. The standard InChI is InChI=1S/C20H17N3O3S/c1-12-5-4-6-14(9-12)18-21-22-20-23(18)19(24)17(27-20)10-13-7-8-15(25-2)11-16(13)26-3/h4-11H,1-3H3/b17-10-. The molecule has 2 heterocycles. The Balaban J connectivity index is 1.89. The molecule has 0 bridgehead atoms. The third-order valence-corrected chi connectivity index (χ3v) is 5.21. The molecule has 136 valence electrons. The van der Waals surface area contributed by atoms with E-state index in [-0.39, 0.29) is 5.56 Å². The van der Waals surface area contributed by atoms with Crippen molar-refractivity contribution in [2.24, 2.45) is 0 Å². The fraction of sp³-hybridized carbons (Fsp3) is 0.150. The quantitative estimate of drug-likeness (QED) is 0.545. The summed E-state index contributed by atoms with van der Waals surface area (Å²) in [6.07, 6.45) is 1.81. The number of fused-ring (bicyclic) bond motifs is 1. The zero-order chi connectivity index (χ0) is 19.0. The molecule has 27 heavy (non-hydrogen) atoms. The molecule has 0 amide bonds. The summed E-state index contributed by atoms with van der Waals surface area (Å²) in [5.74, 6) is 1.88. The van der Waals surface area contributed by atoms with Crippen molar-refractivity contribution >= 4 is 22.4 Å². The average molecular weight is 379 g/mol. The largest absolute Gasteiger partial charge is 0.497 e. The van der Waals surface area contributed by atoms with Crippen LogP contribution in [0.15, 0.2) is 47.3 Å². The number of thiazole rings is 1. The molecule has 0 radical (unpaired) electrons. The number of ether oxygens (including phenoxy) is 2. The number of aryl methyl sites for hydroxylation is 1. The fourth-order valence-electron chi connectivity index (χ4n) is 2.91. The van der Waals surface area contributed by atoms with Crippen molar-refractivity contribution in [2.45, 2.75) is 6.92 Å². The molecule has 4 rings (SSSR count). The zero-order valence-corrected chi connectivity index (χ0v) is 15.9. The highest BCUT2D eigenvalue weighted by molar-refractivity contribution is 7.15. The maximum Gasteiger partial charge on any atom is 0.276 e. The summed E-state index contributed by atoms with van der Waals surface area (Å²) in [6, 6.07) is 13.3. The summed E-state index contributed by atoms with van der Waals surface area (Å²) < 4.78 is 12.8. The summed E-state index contributed by atoms with van der Waals surface area (Å²) >= 11 is 1.30. The Morgan fingerprint density at radius 2 is 1.93 bits per heavy atom. The number of hydrogen-bond acceptors (Lipinski definition) is 6. The van der Waals surface area contributed by atoms with Gasteiger partial charge in [-0.3, -0.25) is 4.79 Å². The number of methoxy groups -OCH3 is 2. The lowest BCUT2D eigenvalue weighted by molar-refractivity contribution is 0.393. The molecule has 7 heteroatoms. The highest BCUT2D eigenvalue weighted by Crippen LogP contribution is 2.25. The van der Waals surface area contributed by atoms with Crippen LogP contribution in [0.5, 0.6) is 11.5 Å². The lowest BCUT2D eigenvalue weighted by Crippen LogP contribution is -2.23. The molecule has 4 aromatic rings. The van der Waals surface area contributed by atoms with Gasteiger partial charge in [-0.05, 0) is 31.2 Å². The van der Waals surface area contributed by atoms with Crippen molar-refractivity contribution in [3.05, 3.63) is 68.5 Å². The lowest BCUT2D eigenvalue weighted by Gasteiger charge is -2.06. The van der Waals surface area contributed by atoms with Crippen LogP contribution >= 0.6 is 11.3 Å². The van der Waals surface area contributed by atoms with Crippen molar-refractivity contribution in [2.75, 3.05) is 14.2 Å². The van der Waals surface area contributed by atoms with Crippen LogP contribution in [0.25, 0.3) is 22.4 Å². The van der Waals surface area contributed by atoms with Crippen LogP contribution in [0.3, 0.4) is 0 Å². The van der Waals surface area contributed by atoms with E-state index in [0.29, 0.717) is 26.8 Å². The highest BCUT2D eigenvalue weighted by Gasteiger charge is 2.14. The Hall–Kier alpha value is -3.19. The predicted molar refractivity (Wildman–Crippen MR) is 106 cm³/mol. The molecule has 0 atom stereocenters. The summed E-state index contributed by atoms with van der Waals surface area (Å²) in [7, 11) is 3.19. The van der Waals surface area contributed by atoms with Crippen LogP contribution in [0.4, 0.5) is 0 Å². The number of aromatic nitrogens is 3. The van der Waals surface area contributed by atoms with E-state index in [1.54, 1.807) is 30.8 Å². The zero-order valence-electron chi connectivity index (χ0n) is 15.1. The van der Waals surface area contributed by atoms with E-state index < -0.39 is 0 Å². The topological polar surface area (TPSA) is 65.7 Å². The monoisotopic (exact) mass is 379 g/mol. The van der Waals surface area contributed by atoms with Gasteiger partial charge in [-0.2, -0.15) is 0 Å². The number of hydrogen-bond donors (Lipinski definition) is 0. The fourth-order valence-corrected chi connectivity index (χ4v) is 3.82. The van der Waals surface area contributed by atoms with E-state index >= 15 is 0 Å². The van der Waals surface area contributed by atoms with Crippen molar-refractivity contribution in [3.8, 4) is 22.9 Å². The van der Waals surface area contributed by atoms with Crippen LogP contribution in [0.2, 0.25) is 0 Å². The van der Waals surface area contributed by atoms with Gasteiger partial charge in [-0.25, -0.2) is 4.40 Å². The van der Waals surface area contributed by atoms with Crippen molar-refractivity contribution in [3.63, 3.8) is 0 Å². The van der Waals surface area contributed by atoms with E-state index in [4.69, 9.17) is 9.47 Å². The van der Waals surface area contributed by atoms with Gasteiger partial charge in [0.1, 0.15) is 11.5 Å². The van der Waals surface area contributed by atoms with Crippen LogP contribution in [0, 0.1) is 6.92 Å². The molecule has 2 aromatic carbocycles. The van der Waals surface area contributed by atoms with Crippen molar-refractivity contribution in [1.29, 1.82) is 0 Å². The van der Waals surface area contributed by atoms with E-state index in [0.717, 1.165) is 16.7 Å². The molecular weight excluding hydrogens is 362 g/mol. The summed E-state index contributed by atoms with van der Waals surface area (Å²) in [6.45, 7) is 2.00. The Kier molecular flexibility index (Phi) is 4.37. The van der Waals surface area contributed by atoms with Gasteiger partial charge in [0.2, 0.25) is 4.96 Å². The smallest absolute Gasteiger partial charge is 0.276 e. The first-order valence-electron chi connectivity index (χ1n) is 8.29. The summed E-state index contributed by atoms with van der Waals surface area (Å²) in [5, 5.41) is 8.38. The number of benzene rings is 2. The van der Waals surface area contributed by atoms with Gasteiger partial charge in [0, 0.05) is 17.2 Å². The second-order valence-corrected chi connectivity index (χ2v) is 7.04. The molecule has 2 aromatic heterocycles. The molecule has 0 aliphatic carbocycles. The van der Waals surface area contributed by atoms with Crippen LogP contribution in [0.1, 0.15) is 11.1 Å². The van der Waals surface area contributed by atoms with E-state index in [9.17, 15) is 4.79 Å². The number of nitrogens with zero attached hydrogens (tertiary/aromatic N) is 3. The molecule has 0 aliphatic rings. The van der Waals surface area contributed by atoms with Gasteiger partial charge < -0.3 is 9.47 Å². The molecule has 0 saturated carbocycles. The molecule has 0 unspecified atom stereocenters. The Morgan fingerprint density at radius 1 is 1.07 bits per heavy atom. The first kappa shape index (κ1) is 17.2. The maximum absolute atomic E-state index is 13.0. The minimum atomic E-state index is -0.144. The van der Waals surface area contributed by atoms with Gasteiger partial charge in [-0.1, -0.05) is 35.1 Å². The highest BCUT2D eigenvalue weighted by atomic mass is 32.1. The Labute approximate surface area is 159 Å². The minimum Gasteiger partial charge on any atom is -0.497 e. The molecule has 0 fully saturated rings. The molecule has 6 nitrogen and oxygen atoms in total. The van der Waals surface area contributed by atoms with E-state index in [1.165, 1.54) is 11.3 Å². The molecule has 0 spiro atoms. The van der Waals surface area contributed by atoms with Crippen molar-refractivity contribution in [1.82, 2.24) is 14.6 Å². The Bertz CT molecular complexity index is 1240. The van der Waals surface area contributed by atoms with Gasteiger partial charge in [0.15, 0.2) is 5.82 Å².